The van der Waals surface area contributed by atoms with E-state index < -0.39 is 5.97 Å². The van der Waals surface area contributed by atoms with Crippen LogP contribution in [0.15, 0.2) is 16.6 Å². The molecule has 0 saturated carbocycles. The number of benzene rings is 1. The Hall–Kier alpha value is -1.27. The van der Waals surface area contributed by atoms with E-state index in [1.165, 1.54) is 0 Å². The molecule has 1 aromatic carbocycles. The minimum Gasteiger partial charge on any atom is -0.493 e. The van der Waals surface area contributed by atoms with Gasteiger partial charge in [-0.2, -0.15) is 0 Å². The molecule has 1 aliphatic rings. The van der Waals surface area contributed by atoms with Gasteiger partial charge >= 0.3 is 5.97 Å². The van der Waals surface area contributed by atoms with Gasteiger partial charge in [0.05, 0.1) is 20.1 Å². The molecule has 0 aromatic heterocycles. The van der Waals surface area contributed by atoms with Crippen LogP contribution in [-0.2, 0) is 4.79 Å². The zero-order valence-corrected chi connectivity index (χ0v) is 14.7. The number of carboxylic acids is 1. The van der Waals surface area contributed by atoms with E-state index in [2.05, 4.69) is 27.8 Å². The van der Waals surface area contributed by atoms with Crippen LogP contribution in [-0.4, -0.2) is 43.3 Å². The topological polar surface area (TPSA) is 59.0 Å². The Morgan fingerprint density at radius 1 is 1.36 bits per heavy atom. The molecule has 5 nitrogen and oxygen atoms in total. The summed E-state index contributed by atoms with van der Waals surface area (Å²) in [5.41, 5.74) is 1.07. The Morgan fingerprint density at radius 3 is 2.59 bits per heavy atom. The number of aliphatic carboxylic acids is 1. The second-order valence-electron chi connectivity index (χ2n) is 5.58. The molecule has 1 aliphatic heterocycles. The van der Waals surface area contributed by atoms with Gasteiger partial charge in [0.2, 0.25) is 0 Å². The van der Waals surface area contributed by atoms with Crippen LogP contribution >= 0.6 is 15.9 Å². The third-order valence-corrected chi connectivity index (χ3v) is 4.99. The van der Waals surface area contributed by atoms with Gasteiger partial charge in [-0.05, 0) is 44.0 Å². The minimum atomic E-state index is -0.705. The van der Waals surface area contributed by atoms with Gasteiger partial charge in [-0.1, -0.05) is 15.9 Å². The summed E-state index contributed by atoms with van der Waals surface area (Å²) in [7, 11) is 3.22. The number of rotatable bonds is 5. The van der Waals surface area contributed by atoms with Gasteiger partial charge in [0, 0.05) is 17.1 Å². The average molecular weight is 372 g/mol. The molecular formula is C16H22BrNO4. The van der Waals surface area contributed by atoms with Crippen LogP contribution in [0.25, 0.3) is 0 Å². The smallest absolute Gasteiger partial charge is 0.307 e. The highest BCUT2D eigenvalue weighted by Crippen LogP contribution is 2.38. The van der Waals surface area contributed by atoms with Crippen LogP contribution in [0.1, 0.15) is 31.4 Å². The lowest BCUT2D eigenvalue weighted by atomic mass is 9.95. The van der Waals surface area contributed by atoms with Crippen molar-refractivity contribution in [2.75, 3.05) is 27.3 Å². The standard InChI is InChI=1S/C16H22BrNO4/c1-10(18-6-4-5-11(9-18)16(19)20)12-7-14(21-2)15(22-3)8-13(12)17/h7-8,10-11H,4-6,9H2,1-3H3,(H,19,20). The van der Waals surface area contributed by atoms with Crippen molar-refractivity contribution in [1.82, 2.24) is 4.90 Å². The Balaban J connectivity index is 2.25. The maximum atomic E-state index is 11.2. The van der Waals surface area contributed by atoms with Crippen molar-refractivity contribution in [2.24, 2.45) is 5.92 Å². The predicted octanol–water partition coefficient (Wildman–Crippen LogP) is 3.32. The van der Waals surface area contributed by atoms with Gasteiger partial charge in [0.25, 0.3) is 0 Å². The van der Waals surface area contributed by atoms with Crippen molar-refractivity contribution in [3.05, 3.63) is 22.2 Å². The summed E-state index contributed by atoms with van der Waals surface area (Å²) in [5, 5.41) is 9.24. The minimum absolute atomic E-state index is 0.108. The third-order valence-electron chi connectivity index (χ3n) is 4.30. The van der Waals surface area contributed by atoms with Crippen molar-refractivity contribution < 1.29 is 19.4 Å². The maximum absolute atomic E-state index is 11.2. The summed E-state index contributed by atoms with van der Waals surface area (Å²) < 4.78 is 11.6. The fourth-order valence-corrected chi connectivity index (χ4v) is 3.60. The fraction of sp³-hybridized carbons (Fsp3) is 0.562. The quantitative estimate of drug-likeness (QED) is 0.859. The molecule has 1 heterocycles. The van der Waals surface area contributed by atoms with Gasteiger partial charge in [0.15, 0.2) is 11.5 Å². The number of ether oxygens (including phenoxy) is 2. The first kappa shape index (κ1) is 17.1. The van der Waals surface area contributed by atoms with Crippen LogP contribution in [0.4, 0.5) is 0 Å². The van der Waals surface area contributed by atoms with Gasteiger partial charge in [-0.3, -0.25) is 9.69 Å². The molecule has 2 rings (SSSR count). The molecule has 1 saturated heterocycles. The lowest BCUT2D eigenvalue weighted by molar-refractivity contribution is -0.143. The highest BCUT2D eigenvalue weighted by Gasteiger charge is 2.29. The monoisotopic (exact) mass is 371 g/mol. The van der Waals surface area contributed by atoms with Crippen LogP contribution in [0.2, 0.25) is 0 Å². The number of hydrogen-bond acceptors (Lipinski definition) is 4. The van der Waals surface area contributed by atoms with E-state index in [1.54, 1.807) is 14.2 Å². The van der Waals surface area contributed by atoms with Crippen molar-refractivity contribution in [3.8, 4) is 11.5 Å². The van der Waals surface area contributed by atoms with Crippen molar-refractivity contribution in [2.45, 2.75) is 25.8 Å². The number of halogens is 1. The van der Waals surface area contributed by atoms with E-state index in [4.69, 9.17) is 9.47 Å². The van der Waals surface area contributed by atoms with Crippen LogP contribution in [0.3, 0.4) is 0 Å². The number of piperidine rings is 1. The Labute approximate surface area is 139 Å². The molecule has 2 unspecified atom stereocenters. The molecule has 1 fully saturated rings. The zero-order valence-electron chi connectivity index (χ0n) is 13.1. The summed E-state index contributed by atoms with van der Waals surface area (Å²) >= 11 is 3.58. The molecule has 0 bridgehead atoms. The molecule has 22 heavy (non-hydrogen) atoms. The molecule has 1 aromatic rings. The first-order valence-electron chi connectivity index (χ1n) is 7.36. The molecule has 0 radical (unpaired) electrons. The summed E-state index contributed by atoms with van der Waals surface area (Å²) in [6.45, 7) is 3.58. The van der Waals surface area contributed by atoms with E-state index in [-0.39, 0.29) is 12.0 Å². The average Bonchev–Trinajstić information content (AvgIpc) is 2.53. The lowest BCUT2D eigenvalue weighted by Gasteiger charge is -2.36. The lowest BCUT2D eigenvalue weighted by Crippen LogP contribution is -2.40. The number of carboxylic acid groups (broad SMARTS) is 1. The molecule has 2 atom stereocenters. The van der Waals surface area contributed by atoms with E-state index in [1.807, 2.05) is 12.1 Å². The van der Waals surface area contributed by atoms with Gasteiger partial charge < -0.3 is 14.6 Å². The highest BCUT2D eigenvalue weighted by molar-refractivity contribution is 9.10. The van der Waals surface area contributed by atoms with E-state index in [0.29, 0.717) is 18.0 Å². The first-order valence-corrected chi connectivity index (χ1v) is 8.15. The number of methoxy groups -OCH3 is 2. The second-order valence-corrected chi connectivity index (χ2v) is 6.43. The molecule has 0 spiro atoms. The van der Waals surface area contributed by atoms with Crippen LogP contribution in [0.5, 0.6) is 11.5 Å². The fourth-order valence-electron chi connectivity index (χ4n) is 2.95. The number of carbonyl (C=O) groups is 1. The van der Waals surface area contributed by atoms with Gasteiger partial charge in [0.1, 0.15) is 0 Å². The highest BCUT2D eigenvalue weighted by atomic mass is 79.9. The largest absolute Gasteiger partial charge is 0.493 e. The SMILES string of the molecule is COc1cc(Br)c(C(C)N2CCCC(C(=O)O)C2)cc1OC. The predicted molar refractivity (Wildman–Crippen MR) is 87.6 cm³/mol. The summed E-state index contributed by atoms with van der Waals surface area (Å²) in [4.78, 5) is 13.5. The van der Waals surface area contributed by atoms with Crippen molar-refractivity contribution in [3.63, 3.8) is 0 Å². The summed E-state index contributed by atoms with van der Waals surface area (Å²) in [6, 6.07) is 3.96. The number of nitrogens with zero attached hydrogens (tertiary/aromatic N) is 1. The molecular weight excluding hydrogens is 350 g/mol. The van der Waals surface area contributed by atoms with E-state index in [9.17, 15) is 9.90 Å². The molecule has 0 amide bonds. The Morgan fingerprint density at radius 2 is 2.00 bits per heavy atom. The third kappa shape index (κ3) is 3.55. The molecule has 6 heteroatoms. The summed E-state index contributed by atoms with van der Waals surface area (Å²) in [5.74, 6) is 0.366. The molecule has 122 valence electrons. The Bertz CT molecular complexity index is 549. The Kier molecular flexibility index (Phi) is 5.69. The first-order chi connectivity index (χ1) is 10.5. The van der Waals surface area contributed by atoms with Crippen molar-refractivity contribution in [1.29, 1.82) is 0 Å². The van der Waals surface area contributed by atoms with Gasteiger partial charge in [-0.15, -0.1) is 0 Å². The van der Waals surface area contributed by atoms with Crippen LogP contribution in [0, 0.1) is 5.92 Å². The second kappa shape index (κ2) is 7.33. The number of hydrogen-bond donors (Lipinski definition) is 1. The normalized spacial score (nSPS) is 20.5. The van der Waals surface area contributed by atoms with Crippen LogP contribution < -0.4 is 9.47 Å². The zero-order chi connectivity index (χ0) is 16.3. The van der Waals surface area contributed by atoms with Gasteiger partial charge in [-0.25, -0.2) is 0 Å². The summed E-state index contributed by atoms with van der Waals surface area (Å²) in [6.07, 6.45) is 1.66. The molecule has 1 N–H and O–H groups in total. The molecule has 0 aliphatic carbocycles. The number of likely N-dealkylation sites (tertiary alicyclic amines) is 1. The van der Waals surface area contributed by atoms with E-state index in [0.717, 1.165) is 29.4 Å². The van der Waals surface area contributed by atoms with Crippen molar-refractivity contribution >= 4 is 21.9 Å². The van der Waals surface area contributed by atoms with E-state index >= 15 is 0 Å². The maximum Gasteiger partial charge on any atom is 0.307 e.